The van der Waals surface area contributed by atoms with Crippen molar-refractivity contribution < 1.29 is 33.5 Å². The van der Waals surface area contributed by atoms with E-state index < -0.39 is 54.6 Å². The zero-order valence-electron chi connectivity index (χ0n) is 19.2. The molecule has 0 aromatic heterocycles. The fraction of sp³-hybridized carbons (Fsp3) is 0.500. The third-order valence-electron chi connectivity index (χ3n) is 5.96. The largest absolute Gasteiger partial charge is 0.350 e. The third kappa shape index (κ3) is 5.60. The average molecular weight is 562 g/mol. The Morgan fingerprint density at radius 1 is 1.18 bits per heavy atom. The van der Waals surface area contributed by atoms with Gasteiger partial charge in [-0.2, -0.15) is 5.01 Å². The summed E-state index contributed by atoms with van der Waals surface area (Å²) in [6, 6.07) is 4.79. The van der Waals surface area contributed by atoms with Crippen LogP contribution in [0.15, 0.2) is 28.7 Å². The number of nitrogens with one attached hydrogen (secondary N) is 4. The summed E-state index contributed by atoms with van der Waals surface area (Å²) in [5, 5.41) is 6.02. The van der Waals surface area contributed by atoms with Crippen molar-refractivity contribution in [3.8, 4) is 0 Å². The van der Waals surface area contributed by atoms with Gasteiger partial charge in [0.05, 0.1) is 6.42 Å². The molecule has 1 aliphatic heterocycles. The molecule has 6 amide bonds. The molecule has 34 heavy (non-hydrogen) atoms. The van der Waals surface area contributed by atoms with Crippen molar-refractivity contribution in [2.75, 3.05) is 5.32 Å². The number of urea groups is 2. The number of hydrogen-bond acceptors (Lipinski definition) is 5. The van der Waals surface area contributed by atoms with Crippen molar-refractivity contribution in [2.24, 2.45) is 5.92 Å². The van der Waals surface area contributed by atoms with Crippen LogP contribution >= 0.6 is 23.5 Å². The summed E-state index contributed by atoms with van der Waals surface area (Å²) in [5.41, 5.74) is 0.857. The Morgan fingerprint density at radius 3 is 2.21 bits per heavy atom. The van der Waals surface area contributed by atoms with Gasteiger partial charge in [-0.15, -0.1) is 0 Å². The Hall–Kier alpha value is -2.47. The minimum absolute atomic E-state index is 0.0432. The topological polar surface area (TPSA) is 177 Å². The van der Waals surface area contributed by atoms with Crippen LogP contribution in [-0.4, -0.2) is 49.5 Å². The molecule has 0 aliphatic carbocycles. The average Bonchev–Trinajstić information content (AvgIpc) is 2.97. The summed E-state index contributed by atoms with van der Waals surface area (Å²) < 4.78 is 12.8. The number of carbonyl (C=O) groups is 4. The number of anilines is 1. The lowest BCUT2D eigenvalue weighted by molar-refractivity contribution is -0.138. The van der Waals surface area contributed by atoms with Crippen LogP contribution in [0.1, 0.15) is 47.0 Å². The normalized spacial score (nSPS) is 18.6. The van der Waals surface area contributed by atoms with E-state index in [2.05, 4.69) is 37.3 Å². The van der Waals surface area contributed by atoms with Gasteiger partial charge in [0, 0.05) is 10.2 Å². The molecule has 0 radical (unpaired) electrons. The van der Waals surface area contributed by atoms with Gasteiger partial charge in [-0.05, 0) is 43.0 Å². The zero-order valence-corrected chi connectivity index (χ0v) is 21.7. The van der Waals surface area contributed by atoms with E-state index in [1.807, 2.05) is 0 Å². The minimum Gasteiger partial charge on any atom is -0.339 e. The van der Waals surface area contributed by atoms with Gasteiger partial charge in [-0.25, -0.2) is 15.0 Å². The molecule has 1 aromatic rings. The van der Waals surface area contributed by atoms with E-state index >= 15 is 0 Å². The molecule has 188 valence electrons. The van der Waals surface area contributed by atoms with E-state index in [1.54, 1.807) is 38.1 Å². The second-order valence-corrected chi connectivity index (χ2v) is 11.1. The van der Waals surface area contributed by atoms with Crippen LogP contribution in [-0.2, 0) is 14.2 Å². The summed E-state index contributed by atoms with van der Waals surface area (Å²) >= 11 is 3.27. The van der Waals surface area contributed by atoms with Crippen molar-refractivity contribution in [3.63, 3.8) is 0 Å². The van der Waals surface area contributed by atoms with E-state index in [0.29, 0.717) is 10.7 Å². The maximum Gasteiger partial charge on any atom is 0.350 e. The number of hydrogen-bond donors (Lipinski definition) is 6. The highest BCUT2D eigenvalue weighted by atomic mass is 79.9. The number of imide groups is 1. The van der Waals surface area contributed by atoms with Gasteiger partial charge >= 0.3 is 19.7 Å². The first-order valence-electron chi connectivity index (χ1n) is 10.6. The Labute approximate surface area is 205 Å². The molecule has 1 aromatic carbocycles. The molecule has 0 bridgehead atoms. The molecular formula is C20H29BrN5O7P. The highest BCUT2D eigenvalue weighted by Gasteiger charge is 2.56. The highest BCUT2D eigenvalue weighted by molar-refractivity contribution is 9.10. The molecule has 6 N–H and O–H groups in total. The van der Waals surface area contributed by atoms with Gasteiger partial charge in [0.15, 0.2) is 0 Å². The lowest BCUT2D eigenvalue weighted by atomic mass is 9.83. The molecule has 0 saturated carbocycles. The number of rotatable bonds is 9. The molecule has 1 saturated heterocycles. The number of hydrazine groups is 1. The first-order valence-corrected chi connectivity index (χ1v) is 13.0. The highest BCUT2D eigenvalue weighted by Crippen LogP contribution is 2.52. The molecule has 1 heterocycles. The van der Waals surface area contributed by atoms with Crippen LogP contribution in [0.5, 0.6) is 0 Å². The maximum atomic E-state index is 13.2. The van der Waals surface area contributed by atoms with Crippen LogP contribution in [0.4, 0.5) is 15.3 Å². The van der Waals surface area contributed by atoms with E-state index in [1.165, 1.54) is 13.8 Å². The first kappa shape index (κ1) is 27.8. The Kier molecular flexibility index (Phi) is 8.52. The lowest BCUT2D eigenvalue weighted by Crippen LogP contribution is -2.57. The number of carbonyl (C=O) groups excluding carboxylic acids is 4. The standard InChI is InChI=1S/C20H29BrN5O7P/c1-5-19(6-2,34(31,32)33)23-15(27)11-20(12(3)4)16(28)26(18(30)24-20)25-17(29)22-14-9-7-13(21)8-10-14/h7-10,12H,5-6,11H2,1-4H3,(H,23,27)(H,24,30)(H2,22,25,29)(H2,31,32,33). The summed E-state index contributed by atoms with van der Waals surface area (Å²) in [5.74, 6) is -2.29. The number of halogens is 1. The molecule has 14 heteroatoms. The molecule has 2 rings (SSSR count). The Morgan fingerprint density at radius 2 is 1.74 bits per heavy atom. The van der Waals surface area contributed by atoms with E-state index in [-0.39, 0.29) is 12.8 Å². The fourth-order valence-corrected chi connectivity index (χ4v) is 5.03. The quantitative estimate of drug-likeness (QED) is 0.198. The van der Waals surface area contributed by atoms with Crippen LogP contribution in [0.3, 0.4) is 0 Å². The van der Waals surface area contributed by atoms with Gasteiger partial charge in [-0.3, -0.25) is 14.2 Å². The van der Waals surface area contributed by atoms with E-state index in [4.69, 9.17) is 0 Å². The summed E-state index contributed by atoms with van der Waals surface area (Å²) in [6.45, 7) is 6.26. The maximum absolute atomic E-state index is 13.2. The number of benzene rings is 1. The monoisotopic (exact) mass is 561 g/mol. The molecule has 1 unspecified atom stereocenters. The summed E-state index contributed by atoms with van der Waals surface area (Å²) in [6.07, 6.45) is -0.666. The van der Waals surface area contributed by atoms with Gasteiger partial charge < -0.3 is 25.7 Å². The van der Waals surface area contributed by atoms with Gasteiger partial charge in [0.2, 0.25) is 5.91 Å². The third-order valence-corrected chi connectivity index (χ3v) is 8.35. The van der Waals surface area contributed by atoms with E-state index in [9.17, 15) is 33.5 Å². The van der Waals surface area contributed by atoms with Gasteiger partial charge in [0.1, 0.15) is 10.8 Å². The molecular weight excluding hydrogens is 533 g/mol. The van der Waals surface area contributed by atoms with Crippen molar-refractivity contribution in [1.29, 1.82) is 0 Å². The molecule has 12 nitrogen and oxygen atoms in total. The Balaban J connectivity index is 2.20. The summed E-state index contributed by atoms with van der Waals surface area (Å²) in [4.78, 5) is 70.5. The van der Waals surface area contributed by atoms with Gasteiger partial charge in [-0.1, -0.05) is 43.6 Å². The summed E-state index contributed by atoms with van der Waals surface area (Å²) in [7, 11) is -4.73. The van der Waals surface area contributed by atoms with Crippen LogP contribution < -0.4 is 21.4 Å². The zero-order chi connectivity index (χ0) is 25.9. The molecule has 1 aliphatic rings. The van der Waals surface area contributed by atoms with E-state index in [0.717, 1.165) is 4.47 Å². The van der Waals surface area contributed by atoms with Crippen molar-refractivity contribution in [1.82, 2.24) is 21.1 Å². The SMILES string of the molecule is CCC(CC)(NC(=O)CC1(C(C)C)NC(=O)N(NC(=O)Nc2ccc(Br)cc2)C1=O)P(=O)(O)O. The molecule has 0 spiro atoms. The van der Waals surface area contributed by atoms with Crippen LogP contribution in [0, 0.1) is 5.92 Å². The smallest absolute Gasteiger partial charge is 0.339 e. The fourth-order valence-electron chi connectivity index (χ4n) is 3.67. The lowest BCUT2D eigenvalue weighted by Gasteiger charge is -2.35. The van der Waals surface area contributed by atoms with Gasteiger partial charge in [0.25, 0.3) is 5.91 Å². The predicted octanol–water partition coefficient (Wildman–Crippen LogP) is 2.63. The molecule has 1 atom stereocenters. The van der Waals surface area contributed by atoms with Crippen LogP contribution in [0.2, 0.25) is 0 Å². The van der Waals surface area contributed by atoms with Crippen LogP contribution in [0.25, 0.3) is 0 Å². The second kappa shape index (κ2) is 10.4. The minimum atomic E-state index is -4.73. The number of nitrogens with zero attached hydrogens (tertiary/aromatic N) is 1. The first-order chi connectivity index (χ1) is 15.7. The van der Waals surface area contributed by atoms with Crippen molar-refractivity contribution in [3.05, 3.63) is 28.7 Å². The predicted molar refractivity (Wildman–Crippen MR) is 127 cm³/mol. The van der Waals surface area contributed by atoms with Crippen molar-refractivity contribution in [2.45, 2.75) is 57.8 Å². The molecule has 1 fully saturated rings. The second-order valence-electron chi connectivity index (χ2n) is 8.28. The number of amides is 6. The van der Waals surface area contributed by atoms with Crippen molar-refractivity contribution >= 4 is 53.1 Å². The Bertz CT molecular complexity index is 1010.